The Kier molecular flexibility index (Phi) is 5.01. The fourth-order valence-electron chi connectivity index (χ4n) is 3.04. The molecule has 2 heterocycles. The van der Waals surface area contributed by atoms with E-state index in [0.29, 0.717) is 18.3 Å². The second-order valence-electron chi connectivity index (χ2n) is 6.42. The van der Waals surface area contributed by atoms with Gasteiger partial charge in [-0.15, -0.1) is 0 Å². The number of nitrogens with one attached hydrogen (secondary N) is 2. The zero-order valence-electron chi connectivity index (χ0n) is 15.8. The Morgan fingerprint density at radius 3 is 2.50 bits per heavy atom. The maximum absolute atomic E-state index is 5.19. The summed E-state index contributed by atoms with van der Waals surface area (Å²) in [5.41, 5.74) is 5.14. The highest BCUT2D eigenvalue weighted by atomic mass is 16.5. The lowest BCUT2D eigenvalue weighted by Gasteiger charge is -2.08. The molecule has 140 valence electrons. The Labute approximate surface area is 163 Å². The average molecular weight is 371 g/mol. The van der Waals surface area contributed by atoms with Crippen molar-refractivity contribution in [3.8, 4) is 28.4 Å². The number of ether oxygens (including phenoxy) is 1. The van der Waals surface area contributed by atoms with Crippen molar-refractivity contribution < 1.29 is 4.74 Å². The molecule has 0 aliphatic heterocycles. The summed E-state index contributed by atoms with van der Waals surface area (Å²) in [5.74, 6) is 2.10. The van der Waals surface area contributed by atoms with Gasteiger partial charge in [0.1, 0.15) is 5.75 Å². The summed E-state index contributed by atoms with van der Waals surface area (Å²) >= 11 is 0. The number of benzene rings is 2. The van der Waals surface area contributed by atoms with Gasteiger partial charge in [0.05, 0.1) is 12.8 Å². The predicted octanol–water partition coefficient (Wildman–Crippen LogP) is 4.46. The number of aromatic amines is 1. The lowest BCUT2D eigenvalue weighted by atomic mass is 10.0. The van der Waals surface area contributed by atoms with Gasteiger partial charge in [-0.1, -0.05) is 42.5 Å². The molecule has 0 saturated heterocycles. The summed E-state index contributed by atoms with van der Waals surface area (Å²) in [7, 11) is 1.66. The van der Waals surface area contributed by atoms with Gasteiger partial charge < -0.3 is 10.1 Å². The molecular weight excluding hydrogens is 350 g/mol. The van der Waals surface area contributed by atoms with Crippen molar-refractivity contribution in [1.82, 2.24) is 20.2 Å². The Morgan fingerprint density at radius 2 is 1.75 bits per heavy atom. The molecule has 6 heteroatoms. The van der Waals surface area contributed by atoms with Crippen molar-refractivity contribution in [1.29, 1.82) is 0 Å². The van der Waals surface area contributed by atoms with Crippen LogP contribution in [0.4, 0.5) is 5.95 Å². The number of anilines is 1. The van der Waals surface area contributed by atoms with Crippen LogP contribution in [0.3, 0.4) is 0 Å². The van der Waals surface area contributed by atoms with Gasteiger partial charge >= 0.3 is 0 Å². The van der Waals surface area contributed by atoms with Crippen LogP contribution in [0.15, 0.2) is 66.9 Å². The van der Waals surface area contributed by atoms with Crippen LogP contribution in [0, 0.1) is 6.92 Å². The van der Waals surface area contributed by atoms with Crippen LogP contribution in [0.25, 0.3) is 22.6 Å². The highest BCUT2D eigenvalue weighted by molar-refractivity contribution is 5.80. The number of hydrogen-bond acceptors (Lipinski definition) is 5. The van der Waals surface area contributed by atoms with E-state index in [2.05, 4.69) is 38.5 Å². The molecule has 2 aromatic heterocycles. The van der Waals surface area contributed by atoms with Crippen molar-refractivity contribution in [2.45, 2.75) is 13.5 Å². The van der Waals surface area contributed by atoms with Gasteiger partial charge in [-0.2, -0.15) is 10.1 Å². The van der Waals surface area contributed by atoms with Crippen LogP contribution < -0.4 is 10.1 Å². The SMILES string of the molecule is COc1ccc(CNc2nc(-c3ccccc3-c3ncccc3C)n[nH]2)cc1. The number of rotatable bonds is 6. The smallest absolute Gasteiger partial charge is 0.219 e. The number of hydrogen-bond donors (Lipinski definition) is 2. The van der Waals surface area contributed by atoms with E-state index in [9.17, 15) is 0 Å². The molecule has 2 aromatic carbocycles. The maximum Gasteiger partial charge on any atom is 0.219 e. The highest BCUT2D eigenvalue weighted by Gasteiger charge is 2.14. The highest BCUT2D eigenvalue weighted by Crippen LogP contribution is 2.30. The lowest BCUT2D eigenvalue weighted by molar-refractivity contribution is 0.414. The summed E-state index contributed by atoms with van der Waals surface area (Å²) < 4.78 is 5.19. The minimum absolute atomic E-state index is 0.623. The third kappa shape index (κ3) is 3.71. The molecule has 0 radical (unpaired) electrons. The van der Waals surface area contributed by atoms with Gasteiger partial charge in [-0.05, 0) is 36.2 Å². The summed E-state index contributed by atoms with van der Waals surface area (Å²) in [6, 6.07) is 20.0. The molecule has 0 saturated carbocycles. The third-order valence-corrected chi connectivity index (χ3v) is 4.54. The first-order valence-corrected chi connectivity index (χ1v) is 9.05. The fourth-order valence-corrected chi connectivity index (χ4v) is 3.04. The summed E-state index contributed by atoms with van der Waals surface area (Å²) in [6.07, 6.45) is 1.80. The topological polar surface area (TPSA) is 75.7 Å². The molecule has 0 bridgehead atoms. The van der Waals surface area contributed by atoms with E-state index in [-0.39, 0.29) is 0 Å². The second-order valence-corrected chi connectivity index (χ2v) is 6.42. The first-order chi connectivity index (χ1) is 13.7. The molecular formula is C22H21N5O. The van der Waals surface area contributed by atoms with E-state index in [4.69, 9.17) is 4.74 Å². The summed E-state index contributed by atoms with van der Waals surface area (Å²) in [5, 5.41) is 10.6. The summed E-state index contributed by atoms with van der Waals surface area (Å²) in [4.78, 5) is 9.15. The second kappa shape index (κ2) is 7.92. The molecule has 28 heavy (non-hydrogen) atoms. The molecule has 0 atom stereocenters. The molecule has 0 spiro atoms. The average Bonchev–Trinajstić information content (AvgIpc) is 3.22. The summed E-state index contributed by atoms with van der Waals surface area (Å²) in [6.45, 7) is 2.69. The molecule has 6 nitrogen and oxygen atoms in total. The molecule has 0 aliphatic carbocycles. The fraction of sp³-hybridized carbons (Fsp3) is 0.136. The van der Waals surface area contributed by atoms with Crippen molar-refractivity contribution in [2.75, 3.05) is 12.4 Å². The van der Waals surface area contributed by atoms with Crippen molar-refractivity contribution in [3.05, 3.63) is 78.0 Å². The Bertz CT molecular complexity index is 1070. The minimum Gasteiger partial charge on any atom is -0.497 e. The van der Waals surface area contributed by atoms with Crippen LogP contribution in [0.2, 0.25) is 0 Å². The van der Waals surface area contributed by atoms with Crippen molar-refractivity contribution in [2.24, 2.45) is 0 Å². The molecule has 0 fully saturated rings. The third-order valence-electron chi connectivity index (χ3n) is 4.54. The largest absolute Gasteiger partial charge is 0.497 e. The van der Waals surface area contributed by atoms with Crippen LogP contribution in [-0.4, -0.2) is 27.3 Å². The zero-order chi connectivity index (χ0) is 19.3. The van der Waals surface area contributed by atoms with Gasteiger partial charge in [0.2, 0.25) is 5.95 Å². The number of aryl methyl sites for hydroxylation is 1. The maximum atomic E-state index is 5.19. The number of H-pyrrole nitrogens is 1. The van der Waals surface area contributed by atoms with Gasteiger partial charge in [0, 0.05) is 23.9 Å². The Hall–Kier alpha value is -3.67. The number of nitrogens with zero attached hydrogens (tertiary/aromatic N) is 3. The Morgan fingerprint density at radius 1 is 0.964 bits per heavy atom. The quantitative estimate of drug-likeness (QED) is 0.523. The monoisotopic (exact) mass is 371 g/mol. The minimum atomic E-state index is 0.623. The van der Waals surface area contributed by atoms with Crippen LogP contribution in [0.1, 0.15) is 11.1 Å². The molecule has 0 amide bonds. The predicted molar refractivity (Wildman–Crippen MR) is 110 cm³/mol. The van der Waals surface area contributed by atoms with Crippen LogP contribution in [0.5, 0.6) is 5.75 Å². The molecule has 4 aromatic rings. The van der Waals surface area contributed by atoms with E-state index in [1.165, 1.54) is 0 Å². The standard InChI is InChI=1S/C22H21N5O/c1-15-6-5-13-23-20(15)18-7-3-4-8-19(18)21-25-22(27-26-21)24-14-16-9-11-17(28-2)12-10-16/h3-13H,14H2,1-2H3,(H2,24,25,26,27). The normalized spacial score (nSPS) is 10.6. The zero-order valence-corrected chi connectivity index (χ0v) is 15.8. The van der Waals surface area contributed by atoms with E-state index < -0.39 is 0 Å². The first-order valence-electron chi connectivity index (χ1n) is 9.05. The van der Waals surface area contributed by atoms with Crippen LogP contribution >= 0.6 is 0 Å². The lowest BCUT2D eigenvalue weighted by Crippen LogP contribution is -2.01. The van der Waals surface area contributed by atoms with E-state index in [0.717, 1.165) is 33.7 Å². The van der Waals surface area contributed by atoms with Gasteiger partial charge in [0.15, 0.2) is 5.82 Å². The van der Waals surface area contributed by atoms with Crippen LogP contribution in [-0.2, 0) is 6.54 Å². The van der Waals surface area contributed by atoms with Crippen molar-refractivity contribution >= 4 is 5.95 Å². The van der Waals surface area contributed by atoms with E-state index >= 15 is 0 Å². The first kappa shape index (κ1) is 17.7. The van der Waals surface area contributed by atoms with Crippen molar-refractivity contribution in [3.63, 3.8) is 0 Å². The molecule has 2 N–H and O–H groups in total. The number of aromatic nitrogens is 4. The van der Waals surface area contributed by atoms with Gasteiger partial charge in [0.25, 0.3) is 0 Å². The molecule has 0 unspecified atom stereocenters. The van der Waals surface area contributed by atoms with E-state index in [1.54, 1.807) is 13.3 Å². The number of pyridine rings is 1. The Balaban J connectivity index is 1.55. The molecule has 4 rings (SSSR count). The number of methoxy groups -OCH3 is 1. The van der Waals surface area contributed by atoms with E-state index in [1.807, 2.05) is 54.6 Å². The van der Waals surface area contributed by atoms with Gasteiger partial charge in [-0.25, -0.2) is 5.10 Å². The molecule has 0 aliphatic rings. The van der Waals surface area contributed by atoms with Gasteiger partial charge in [-0.3, -0.25) is 4.98 Å².